The van der Waals surface area contributed by atoms with Gasteiger partial charge in [0.05, 0.1) is 12.7 Å². The second kappa shape index (κ2) is 5.03. The maximum absolute atomic E-state index is 9.36. The Hall–Kier alpha value is -0.120. The van der Waals surface area contributed by atoms with Crippen LogP contribution in [0.2, 0.25) is 0 Å². The quantitative estimate of drug-likeness (QED) is 0.795. The molecule has 2 rings (SSSR count). The monoisotopic (exact) mass is 227 g/mol. The fraction of sp³-hybridized carbons (Fsp3) is 1.00. The van der Waals surface area contributed by atoms with Gasteiger partial charge in [0.25, 0.3) is 0 Å². The minimum Gasteiger partial charge on any atom is -0.396 e. The van der Waals surface area contributed by atoms with Crippen LogP contribution in [0, 0.1) is 5.41 Å². The second-order valence-electron chi connectivity index (χ2n) is 6.05. The molecule has 0 radical (unpaired) electrons. The van der Waals surface area contributed by atoms with E-state index in [0.717, 1.165) is 19.7 Å². The van der Waals surface area contributed by atoms with Crippen LogP contribution in [-0.2, 0) is 4.74 Å². The van der Waals surface area contributed by atoms with E-state index in [9.17, 15) is 5.11 Å². The van der Waals surface area contributed by atoms with Gasteiger partial charge in [0.2, 0.25) is 0 Å². The van der Waals surface area contributed by atoms with E-state index >= 15 is 0 Å². The number of fused-ring (bicyclic) bond motifs is 1. The van der Waals surface area contributed by atoms with Gasteiger partial charge in [0, 0.05) is 31.2 Å². The molecule has 1 heterocycles. The first-order chi connectivity index (χ1) is 7.62. The van der Waals surface area contributed by atoms with Gasteiger partial charge >= 0.3 is 0 Å². The van der Waals surface area contributed by atoms with E-state index in [2.05, 4.69) is 18.7 Å². The Balaban J connectivity index is 1.97. The number of morpholine rings is 1. The summed E-state index contributed by atoms with van der Waals surface area (Å²) in [7, 11) is 0. The Morgan fingerprint density at radius 1 is 1.31 bits per heavy atom. The molecule has 0 aromatic carbocycles. The van der Waals surface area contributed by atoms with Gasteiger partial charge in [-0.25, -0.2) is 0 Å². The van der Waals surface area contributed by atoms with E-state index in [1.165, 1.54) is 25.7 Å². The fourth-order valence-electron chi connectivity index (χ4n) is 2.97. The molecule has 0 bridgehead atoms. The van der Waals surface area contributed by atoms with Crippen LogP contribution >= 0.6 is 0 Å². The molecule has 2 aliphatic rings. The van der Waals surface area contributed by atoms with Crippen molar-refractivity contribution in [3.63, 3.8) is 0 Å². The van der Waals surface area contributed by atoms with Crippen LogP contribution in [-0.4, -0.2) is 48.5 Å². The average Bonchev–Trinajstić information content (AvgIpc) is 2.29. The van der Waals surface area contributed by atoms with Crippen molar-refractivity contribution in [1.29, 1.82) is 0 Å². The molecule has 2 fully saturated rings. The zero-order valence-corrected chi connectivity index (χ0v) is 10.6. The van der Waals surface area contributed by atoms with Crippen LogP contribution in [0.25, 0.3) is 0 Å². The smallest absolute Gasteiger partial charge is 0.0730 e. The number of hydrogen-bond donors (Lipinski definition) is 1. The van der Waals surface area contributed by atoms with Crippen molar-refractivity contribution in [2.24, 2.45) is 5.41 Å². The van der Waals surface area contributed by atoms with E-state index in [0.29, 0.717) is 12.1 Å². The summed E-state index contributed by atoms with van der Waals surface area (Å²) in [6, 6.07) is 0.605. The van der Waals surface area contributed by atoms with E-state index in [-0.39, 0.29) is 12.0 Å². The fourth-order valence-corrected chi connectivity index (χ4v) is 2.97. The summed E-state index contributed by atoms with van der Waals surface area (Å²) in [6.45, 7) is 7.43. The Labute approximate surface area is 98.8 Å². The third kappa shape index (κ3) is 2.76. The van der Waals surface area contributed by atoms with Gasteiger partial charge in [0.15, 0.2) is 0 Å². The molecule has 1 aliphatic carbocycles. The highest BCUT2D eigenvalue weighted by Gasteiger charge is 2.36. The molecule has 1 aliphatic heterocycles. The first kappa shape index (κ1) is 12.3. The lowest BCUT2D eigenvalue weighted by atomic mass is 9.87. The standard InChI is InChI=1S/C13H25NO2/c1-13(2,10-15)9-14-7-8-16-12-6-4-3-5-11(12)14/h11-12,15H,3-10H2,1-2H3. The molecule has 0 amide bonds. The Morgan fingerprint density at radius 3 is 2.81 bits per heavy atom. The van der Waals surface area contributed by atoms with Gasteiger partial charge in [-0.2, -0.15) is 0 Å². The number of nitrogens with zero attached hydrogens (tertiary/aromatic N) is 1. The Bertz CT molecular complexity index is 228. The van der Waals surface area contributed by atoms with Crippen LogP contribution in [0.15, 0.2) is 0 Å². The molecule has 0 spiro atoms. The maximum atomic E-state index is 9.36. The molecule has 0 aromatic heterocycles. The van der Waals surface area contributed by atoms with Gasteiger partial charge < -0.3 is 9.84 Å². The highest BCUT2D eigenvalue weighted by molar-refractivity contribution is 4.89. The predicted molar refractivity (Wildman–Crippen MR) is 64.4 cm³/mol. The summed E-state index contributed by atoms with van der Waals surface area (Å²) >= 11 is 0. The molecule has 2 atom stereocenters. The topological polar surface area (TPSA) is 32.7 Å². The first-order valence-corrected chi connectivity index (χ1v) is 6.59. The van der Waals surface area contributed by atoms with Crippen LogP contribution in [0.1, 0.15) is 39.5 Å². The SMILES string of the molecule is CC(C)(CO)CN1CCOC2CCCCC21. The summed E-state index contributed by atoms with van der Waals surface area (Å²) in [5.41, 5.74) is 0.0132. The van der Waals surface area contributed by atoms with E-state index < -0.39 is 0 Å². The molecule has 1 saturated heterocycles. The number of rotatable bonds is 3. The summed E-state index contributed by atoms with van der Waals surface area (Å²) in [5, 5.41) is 9.36. The van der Waals surface area contributed by atoms with Crippen LogP contribution in [0.4, 0.5) is 0 Å². The summed E-state index contributed by atoms with van der Waals surface area (Å²) in [6.07, 6.45) is 5.60. The van der Waals surface area contributed by atoms with Crippen LogP contribution in [0.5, 0.6) is 0 Å². The molecule has 0 aromatic rings. The molecule has 2 unspecified atom stereocenters. The molecule has 1 saturated carbocycles. The minimum absolute atomic E-state index is 0.0132. The van der Waals surface area contributed by atoms with Gasteiger partial charge in [-0.05, 0) is 12.8 Å². The van der Waals surface area contributed by atoms with Crippen molar-refractivity contribution in [3.8, 4) is 0 Å². The second-order valence-corrected chi connectivity index (χ2v) is 6.05. The van der Waals surface area contributed by atoms with Gasteiger partial charge in [0.1, 0.15) is 0 Å². The van der Waals surface area contributed by atoms with Gasteiger partial charge in [-0.3, -0.25) is 4.90 Å². The highest BCUT2D eigenvalue weighted by atomic mass is 16.5. The number of ether oxygens (including phenoxy) is 1. The Kier molecular flexibility index (Phi) is 3.88. The average molecular weight is 227 g/mol. The summed E-state index contributed by atoms with van der Waals surface area (Å²) in [5.74, 6) is 0. The molecule has 94 valence electrons. The van der Waals surface area contributed by atoms with Crippen molar-refractivity contribution in [1.82, 2.24) is 4.90 Å². The Morgan fingerprint density at radius 2 is 2.06 bits per heavy atom. The lowest BCUT2D eigenvalue weighted by Crippen LogP contribution is -2.55. The lowest BCUT2D eigenvalue weighted by Gasteiger charge is -2.46. The minimum atomic E-state index is 0.0132. The maximum Gasteiger partial charge on any atom is 0.0730 e. The zero-order valence-electron chi connectivity index (χ0n) is 10.6. The molecule has 3 heteroatoms. The van der Waals surface area contributed by atoms with E-state index in [1.54, 1.807) is 0 Å². The molecule has 16 heavy (non-hydrogen) atoms. The van der Waals surface area contributed by atoms with Crippen molar-refractivity contribution in [2.75, 3.05) is 26.3 Å². The zero-order chi connectivity index (χ0) is 11.6. The van der Waals surface area contributed by atoms with Crippen molar-refractivity contribution in [3.05, 3.63) is 0 Å². The van der Waals surface area contributed by atoms with Gasteiger partial charge in [-0.1, -0.05) is 26.7 Å². The number of aliphatic hydroxyl groups excluding tert-OH is 1. The van der Waals surface area contributed by atoms with Crippen LogP contribution in [0.3, 0.4) is 0 Å². The predicted octanol–water partition coefficient (Wildman–Crippen LogP) is 1.65. The van der Waals surface area contributed by atoms with Gasteiger partial charge in [-0.15, -0.1) is 0 Å². The third-order valence-electron chi connectivity index (χ3n) is 3.91. The first-order valence-electron chi connectivity index (χ1n) is 6.59. The van der Waals surface area contributed by atoms with Crippen molar-refractivity contribution < 1.29 is 9.84 Å². The van der Waals surface area contributed by atoms with Crippen molar-refractivity contribution in [2.45, 2.75) is 51.7 Å². The number of hydrogen-bond acceptors (Lipinski definition) is 3. The lowest BCUT2D eigenvalue weighted by molar-refractivity contribution is -0.0995. The summed E-state index contributed by atoms with van der Waals surface area (Å²) < 4.78 is 5.86. The molecule has 3 nitrogen and oxygen atoms in total. The van der Waals surface area contributed by atoms with E-state index in [1.807, 2.05) is 0 Å². The molecular formula is C13H25NO2. The number of aliphatic hydroxyl groups is 1. The summed E-state index contributed by atoms with van der Waals surface area (Å²) in [4.78, 5) is 2.55. The van der Waals surface area contributed by atoms with Crippen LogP contribution < -0.4 is 0 Å². The normalized spacial score (nSPS) is 32.4. The molecular weight excluding hydrogens is 202 g/mol. The highest BCUT2D eigenvalue weighted by Crippen LogP contribution is 2.30. The molecule has 1 N–H and O–H groups in total. The van der Waals surface area contributed by atoms with Crippen molar-refractivity contribution >= 4 is 0 Å². The third-order valence-corrected chi connectivity index (χ3v) is 3.91. The van der Waals surface area contributed by atoms with E-state index in [4.69, 9.17) is 4.74 Å². The largest absolute Gasteiger partial charge is 0.396 e.